The summed E-state index contributed by atoms with van der Waals surface area (Å²) in [6.45, 7) is 2.74. The molecule has 0 spiro atoms. The van der Waals surface area contributed by atoms with E-state index in [9.17, 15) is 10.1 Å². The van der Waals surface area contributed by atoms with Crippen LogP contribution in [0.25, 0.3) is 0 Å². The summed E-state index contributed by atoms with van der Waals surface area (Å²) in [5.74, 6) is 1.22. The highest BCUT2D eigenvalue weighted by Gasteiger charge is 2.23. The van der Waals surface area contributed by atoms with Gasteiger partial charge >= 0.3 is 5.69 Å². The summed E-state index contributed by atoms with van der Waals surface area (Å²) in [5, 5.41) is 13.9. The van der Waals surface area contributed by atoms with Crippen LogP contribution in [0, 0.1) is 10.1 Å². The number of aromatic nitrogens is 2. The molecule has 0 aliphatic carbocycles. The number of hydrogen-bond donors (Lipinski definition) is 1. The molecule has 1 aliphatic heterocycles. The molecule has 0 saturated carbocycles. The van der Waals surface area contributed by atoms with E-state index in [1.807, 2.05) is 12.1 Å². The van der Waals surface area contributed by atoms with Gasteiger partial charge in [0, 0.05) is 6.54 Å². The topological polar surface area (TPSA) is 93.4 Å². The van der Waals surface area contributed by atoms with Crippen LogP contribution in [-0.2, 0) is 0 Å². The summed E-state index contributed by atoms with van der Waals surface area (Å²) in [5.41, 5.74) is 1.08. The Morgan fingerprint density at radius 1 is 1.24 bits per heavy atom. The summed E-state index contributed by atoms with van der Waals surface area (Å²) < 4.78 is 5.23. The Balaban J connectivity index is 1.71. The maximum absolute atomic E-state index is 10.7. The molecule has 1 aliphatic rings. The minimum Gasteiger partial charge on any atom is -0.497 e. The maximum atomic E-state index is 10.7. The Morgan fingerprint density at radius 3 is 2.44 bits per heavy atom. The number of nitrogens with one attached hydrogen (secondary N) is 1. The molecule has 1 fully saturated rings. The van der Waals surface area contributed by atoms with Gasteiger partial charge in [0.2, 0.25) is 5.95 Å². The number of likely N-dealkylation sites (tertiary alicyclic amines) is 1. The van der Waals surface area contributed by atoms with Gasteiger partial charge in [-0.05, 0) is 43.6 Å². The number of benzene rings is 1. The minimum atomic E-state index is -0.506. The van der Waals surface area contributed by atoms with Crippen LogP contribution in [0.1, 0.15) is 24.4 Å². The maximum Gasteiger partial charge on any atom is 0.305 e. The Labute approximate surface area is 146 Å². The fraction of sp³-hybridized carbons (Fsp3) is 0.412. The SMILES string of the molecule is COc1ccc(C(CNc2ncc([N+](=O)[O-])cn2)N2CCCC2)cc1. The fourth-order valence-corrected chi connectivity index (χ4v) is 3.03. The van der Waals surface area contributed by atoms with Crippen LogP contribution in [0.3, 0.4) is 0 Å². The first kappa shape index (κ1) is 17.1. The lowest BCUT2D eigenvalue weighted by Crippen LogP contribution is -2.31. The molecule has 3 rings (SSSR count). The van der Waals surface area contributed by atoms with E-state index in [0.29, 0.717) is 12.5 Å². The van der Waals surface area contributed by atoms with Gasteiger partial charge < -0.3 is 10.1 Å². The smallest absolute Gasteiger partial charge is 0.305 e. The monoisotopic (exact) mass is 343 g/mol. The van der Waals surface area contributed by atoms with Gasteiger partial charge in [0.1, 0.15) is 18.1 Å². The van der Waals surface area contributed by atoms with Gasteiger partial charge in [0.25, 0.3) is 0 Å². The Kier molecular flexibility index (Phi) is 5.39. The Hall–Kier alpha value is -2.74. The second kappa shape index (κ2) is 7.89. The first-order valence-corrected chi connectivity index (χ1v) is 8.25. The van der Waals surface area contributed by atoms with Crippen LogP contribution in [0.4, 0.5) is 11.6 Å². The van der Waals surface area contributed by atoms with Gasteiger partial charge in [-0.25, -0.2) is 9.97 Å². The lowest BCUT2D eigenvalue weighted by molar-refractivity contribution is -0.385. The minimum absolute atomic E-state index is 0.114. The van der Waals surface area contributed by atoms with Crippen molar-refractivity contribution in [3.05, 3.63) is 52.3 Å². The second-order valence-electron chi connectivity index (χ2n) is 5.93. The molecule has 0 amide bonds. The molecular formula is C17H21N5O3. The van der Waals surface area contributed by atoms with Gasteiger partial charge in [-0.3, -0.25) is 15.0 Å². The molecule has 8 heteroatoms. The van der Waals surface area contributed by atoms with Gasteiger partial charge in [-0.15, -0.1) is 0 Å². The molecular weight excluding hydrogens is 322 g/mol. The predicted octanol–water partition coefficient (Wildman–Crippen LogP) is 2.64. The molecule has 132 valence electrons. The molecule has 0 bridgehead atoms. The highest BCUT2D eigenvalue weighted by Crippen LogP contribution is 2.27. The lowest BCUT2D eigenvalue weighted by atomic mass is 10.1. The van der Waals surface area contributed by atoms with Crippen LogP contribution >= 0.6 is 0 Å². The van der Waals surface area contributed by atoms with E-state index in [1.54, 1.807) is 7.11 Å². The largest absolute Gasteiger partial charge is 0.497 e. The molecule has 2 aromatic rings. The molecule has 1 atom stereocenters. The van der Waals surface area contributed by atoms with Crippen LogP contribution in [0.2, 0.25) is 0 Å². The molecule has 1 N–H and O–H groups in total. The van der Waals surface area contributed by atoms with Crippen molar-refractivity contribution in [3.63, 3.8) is 0 Å². The average Bonchev–Trinajstić information content (AvgIpc) is 3.17. The first-order valence-electron chi connectivity index (χ1n) is 8.25. The lowest BCUT2D eigenvalue weighted by Gasteiger charge is -2.28. The second-order valence-corrected chi connectivity index (χ2v) is 5.93. The van der Waals surface area contributed by atoms with E-state index in [-0.39, 0.29) is 11.7 Å². The quantitative estimate of drug-likeness (QED) is 0.610. The van der Waals surface area contributed by atoms with Gasteiger partial charge in [0.15, 0.2) is 0 Å². The summed E-state index contributed by atoms with van der Waals surface area (Å²) in [7, 11) is 1.65. The average molecular weight is 343 g/mol. The van der Waals surface area contributed by atoms with Crippen molar-refractivity contribution in [2.45, 2.75) is 18.9 Å². The summed E-state index contributed by atoms with van der Waals surface area (Å²) >= 11 is 0. The molecule has 25 heavy (non-hydrogen) atoms. The van der Waals surface area contributed by atoms with E-state index in [2.05, 4.69) is 32.3 Å². The van der Waals surface area contributed by atoms with Crippen molar-refractivity contribution >= 4 is 11.6 Å². The van der Waals surface area contributed by atoms with E-state index in [4.69, 9.17) is 4.74 Å². The number of rotatable bonds is 7. The zero-order valence-electron chi connectivity index (χ0n) is 14.1. The van der Waals surface area contributed by atoms with Crippen molar-refractivity contribution < 1.29 is 9.66 Å². The van der Waals surface area contributed by atoms with Crippen LogP contribution in [0.5, 0.6) is 5.75 Å². The molecule has 1 aromatic heterocycles. The fourth-order valence-electron chi connectivity index (χ4n) is 3.03. The zero-order valence-corrected chi connectivity index (χ0v) is 14.1. The number of anilines is 1. The third-order valence-electron chi connectivity index (χ3n) is 4.38. The van der Waals surface area contributed by atoms with E-state index >= 15 is 0 Å². The normalized spacial score (nSPS) is 15.7. The van der Waals surface area contributed by atoms with Gasteiger partial charge in [0.05, 0.1) is 18.1 Å². The number of methoxy groups -OCH3 is 1. The van der Waals surface area contributed by atoms with Crippen LogP contribution < -0.4 is 10.1 Å². The molecule has 1 aromatic carbocycles. The highest BCUT2D eigenvalue weighted by molar-refractivity contribution is 5.33. The molecule has 0 radical (unpaired) electrons. The first-order chi connectivity index (χ1) is 12.2. The molecule has 1 unspecified atom stereocenters. The van der Waals surface area contributed by atoms with E-state index in [0.717, 1.165) is 18.8 Å². The van der Waals surface area contributed by atoms with Crippen molar-refractivity contribution in [1.82, 2.24) is 14.9 Å². The van der Waals surface area contributed by atoms with Crippen molar-refractivity contribution in [2.75, 3.05) is 32.1 Å². The highest BCUT2D eigenvalue weighted by atomic mass is 16.6. The van der Waals surface area contributed by atoms with Crippen molar-refractivity contribution in [2.24, 2.45) is 0 Å². The molecule has 1 saturated heterocycles. The van der Waals surface area contributed by atoms with Crippen molar-refractivity contribution in [1.29, 1.82) is 0 Å². The molecule has 2 heterocycles. The summed E-state index contributed by atoms with van der Waals surface area (Å²) in [6.07, 6.45) is 4.82. The standard InChI is InChI=1S/C17H21N5O3/c1-25-15-6-4-13(5-7-15)16(21-8-2-3-9-21)12-20-17-18-10-14(11-19-17)22(23)24/h4-7,10-11,16H,2-3,8-9,12H2,1H3,(H,18,19,20). The van der Waals surface area contributed by atoms with Gasteiger partial charge in [-0.2, -0.15) is 0 Å². The Morgan fingerprint density at radius 2 is 1.88 bits per heavy atom. The van der Waals surface area contributed by atoms with E-state index in [1.165, 1.54) is 30.8 Å². The Bertz CT molecular complexity index is 699. The third-order valence-corrected chi connectivity index (χ3v) is 4.38. The number of hydrogen-bond acceptors (Lipinski definition) is 7. The van der Waals surface area contributed by atoms with Crippen LogP contribution in [-0.4, -0.2) is 46.5 Å². The number of ether oxygens (including phenoxy) is 1. The summed E-state index contributed by atoms with van der Waals surface area (Å²) in [6, 6.07) is 8.24. The third kappa shape index (κ3) is 4.21. The summed E-state index contributed by atoms with van der Waals surface area (Å²) in [4.78, 5) is 20.6. The van der Waals surface area contributed by atoms with E-state index < -0.39 is 4.92 Å². The predicted molar refractivity (Wildman–Crippen MR) is 93.7 cm³/mol. The van der Waals surface area contributed by atoms with Crippen LogP contribution in [0.15, 0.2) is 36.7 Å². The number of nitrogens with zero attached hydrogens (tertiary/aromatic N) is 4. The number of nitro groups is 1. The zero-order chi connectivity index (χ0) is 17.6. The van der Waals surface area contributed by atoms with Gasteiger partial charge in [-0.1, -0.05) is 12.1 Å². The molecule has 8 nitrogen and oxygen atoms in total. The van der Waals surface area contributed by atoms with Crippen molar-refractivity contribution in [3.8, 4) is 5.75 Å².